The SMILES string of the molecule is CC(C)C1CN(C(=O)Nc2ccc(Cl)cc2)CCN1C(=O)NCc1ccccc1Cl. The highest BCUT2D eigenvalue weighted by molar-refractivity contribution is 6.31. The Labute approximate surface area is 187 Å². The van der Waals surface area contributed by atoms with E-state index in [0.29, 0.717) is 41.9 Å². The topological polar surface area (TPSA) is 64.7 Å². The first kappa shape index (κ1) is 22.2. The summed E-state index contributed by atoms with van der Waals surface area (Å²) in [5, 5.41) is 7.09. The smallest absolute Gasteiger partial charge is 0.321 e. The average molecular weight is 449 g/mol. The Morgan fingerprint density at radius 1 is 1.03 bits per heavy atom. The van der Waals surface area contributed by atoms with Gasteiger partial charge in [0.2, 0.25) is 0 Å². The fraction of sp³-hybridized carbons (Fsp3) is 0.364. The highest BCUT2D eigenvalue weighted by atomic mass is 35.5. The van der Waals surface area contributed by atoms with Crippen molar-refractivity contribution in [2.75, 3.05) is 25.0 Å². The van der Waals surface area contributed by atoms with Crippen molar-refractivity contribution < 1.29 is 9.59 Å². The Morgan fingerprint density at radius 3 is 2.40 bits per heavy atom. The van der Waals surface area contributed by atoms with Crippen LogP contribution in [-0.2, 0) is 6.54 Å². The Kier molecular flexibility index (Phi) is 7.45. The number of urea groups is 2. The van der Waals surface area contributed by atoms with Gasteiger partial charge in [-0.3, -0.25) is 0 Å². The Hall–Kier alpha value is -2.44. The van der Waals surface area contributed by atoms with E-state index >= 15 is 0 Å². The second kappa shape index (κ2) is 10.0. The molecule has 2 N–H and O–H groups in total. The number of hydrogen-bond acceptors (Lipinski definition) is 2. The summed E-state index contributed by atoms with van der Waals surface area (Å²) in [5.41, 5.74) is 1.56. The molecule has 1 unspecified atom stereocenters. The Bertz CT molecular complexity index is 889. The van der Waals surface area contributed by atoms with E-state index in [0.717, 1.165) is 5.56 Å². The van der Waals surface area contributed by atoms with Gasteiger partial charge in [0, 0.05) is 41.9 Å². The van der Waals surface area contributed by atoms with Crippen LogP contribution in [0, 0.1) is 5.92 Å². The summed E-state index contributed by atoms with van der Waals surface area (Å²) >= 11 is 12.1. The maximum Gasteiger partial charge on any atom is 0.321 e. The van der Waals surface area contributed by atoms with Crippen LogP contribution in [0.15, 0.2) is 48.5 Å². The van der Waals surface area contributed by atoms with E-state index in [2.05, 4.69) is 24.5 Å². The monoisotopic (exact) mass is 448 g/mol. The third kappa shape index (κ3) is 5.58. The van der Waals surface area contributed by atoms with E-state index < -0.39 is 0 Å². The number of halogens is 2. The first-order valence-electron chi connectivity index (χ1n) is 9.94. The van der Waals surface area contributed by atoms with E-state index in [4.69, 9.17) is 23.2 Å². The molecule has 30 heavy (non-hydrogen) atoms. The number of piperazine rings is 1. The normalized spacial score (nSPS) is 16.5. The largest absolute Gasteiger partial charge is 0.334 e. The van der Waals surface area contributed by atoms with Crippen molar-refractivity contribution in [1.29, 1.82) is 0 Å². The molecule has 0 saturated carbocycles. The summed E-state index contributed by atoms with van der Waals surface area (Å²) in [6, 6.07) is 14.0. The molecule has 6 nitrogen and oxygen atoms in total. The van der Waals surface area contributed by atoms with Gasteiger partial charge in [0.1, 0.15) is 0 Å². The molecule has 0 aliphatic carbocycles. The zero-order valence-corrected chi connectivity index (χ0v) is 18.6. The van der Waals surface area contributed by atoms with Crippen molar-refractivity contribution in [3.63, 3.8) is 0 Å². The van der Waals surface area contributed by atoms with Crippen LogP contribution >= 0.6 is 23.2 Å². The van der Waals surface area contributed by atoms with Crippen LogP contribution in [0.1, 0.15) is 19.4 Å². The molecule has 0 radical (unpaired) electrons. The van der Waals surface area contributed by atoms with Gasteiger partial charge in [-0.05, 0) is 41.8 Å². The van der Waals surface area contributed by atoms with Crippen molar-refractivity contribution in [1.82, 2.24) is 15.1 Å². The number of nitrogens with one attached hydrogen (secondary N) is 2. The number of amides is 4. The minimum atomic E-state index is -0.181. The van der Waals surface area contributed by atoms with Gasteiger partial charge in [0.05, 0.1) is 6.04 Å². The lowest BCUT2D eigenvalue weighted by atomic mass is 10.00. The number of rotatable bonds is 4. The van der Waals surface area contributed by atoms with Crippen molar-refractivity contribution in [3.05, 3.63) is 64.1 Å². The van der Waals surface area contributed by atoms with Crippen molar-refractivity contribution in [2.24, 2.45) is 5.92 Å². The zero-order chi connectivity index (χ0) is 21.7. The van der Waals surface area contributed by atoms with E-state index in [9.17, 15) is 9.59 Å². The van der Waals surface area contributed by atoms with Gasteiger partial charge < -0.3 is 20.4 Å². The molecule has 1 atom stereocenters. The van der Waals surface area contributed by atoms with Gasteiger partial charge in [0.15, 0.2) is 0 Å². The Balaban J connectivity index is 1.60. The molecule has 8 heteroatoms. The molecule has 160 valence electrons. The number of carbonyl (C=O) groups is 2. The van der Waals surface area contributed by atoms with Gasteiger partial charge in [-0.25, -0.2) is 9.59 Å². The highest BCUT2D eigenvalue weighted by Gasteiger charge is 2.34. The van der Waals surface area contributed by atoms with Crippen molar-refractivity contribution in [2.45, 2.75) is 26.4 Å². The second-order valence-electron chi connectivity index (χ2n) is 7.64. The van der Waals surface area contributed by atoms with Crippen molar-refractivity contribution in [3.8, 4) is 0 Å². The van der Waals surface area contributed by atoms with Gasteiger partial charge in [-0.2, -0.15) is 0 Å². The molecule has 1 aliphatic rings. The lowest BCUT2D eigenvalue weighted by Gasteiger charge is -2.43. The summed E-state index contributed by atoms with van der Waals surface area (Å²) in [5.74, 6) is 0.196. The average Bonchev–Trinajstić information content (AvgIpc) is 2.74. The maximum atomic E-state index is 12.8. The third-order valence-corrected chi connectivity index (χ3v) is 5.84. The first-order valence-corrected chi connectivity index (χ1v) is 10.7. The maximum absolute atomic E-state index is 12.8. The fourth-order valence-corrected chi connectivity index (χ4v) is 3.80. The van der Waals surface area contributed by atoms with Gasteiger partial charge >= 0.3 is 12.1 Å². The molecular weight excluding hydrogens is 423 g/mol. The molecule has 4 amide bonds. The fourth-order valence-electron chi connectivity index (χ4n) is 3.47. The summed E-state index contributed by atoms with van der Waals surface area (Å²) in [6.07, 6.45) is 0. The highest BCUT2D eigenvalue weighted by Crippen LogP contribution is 2.20. The minimum Gasteiger partial charge on any atom is -0.334 e. The van der Waals surface area contributed by atoms with E-state index in [1.54, 1.807) is 35.2 Å². The predicted octanol–water partition coefficient (Wildman–Crippen LogP) is 5.08. The summed E-state index contributed by atoms with van der Waals surface area (Å²) in [7, 11) is 0. The molecule has 0 bridgehead atoms. The molecule has 1 heterocycles. The van der Waals surface area contributed by atoms with Crippen LogP contribution < -0.4 is 10.6 Å². The molecule has 3 rings (SSSR count). The standard InChI is InChI=1S/C22H26Cl2N4O2/c1-15(2)20-14-27(22(30)26-18-9-7-17(23)8-10-18)11-12-28(20)21(29)25-13-16-5-3-4-6-19(16)24/h3-10,15,20H,11-14H2,1-2H3,(H,25,29)(H,26,30). The molecular formula is C22H26Cl2N4O2. The molecule has 2 aromatic rings. The van der Waals surface area contributed by atoms with Crippen LogP contribution in [0.25, 0.3) is 0 Å². The van der Waals surface area contributed by atoms with Gasteiger partial charge in [0.25, 0.3) is 0 Å². The molecule has 0 aromatic heterocycles. The molecule has 2 aromatic carbocycles. The van der Waals surface area contributed by atoms with E-state index in [1.807, 2.05) is 23.1 Å². The molecule has 1 aliphatic heterocycles. The molecule has 0 spiro atoms. The lowest BCUT2D eigenvalue weighted by Crippen LogP contribution is -2.60. The van der Waals surface area contributed by atoms with Crippen LogP contribution in [0.4, 0.5) is 15.3 Å². The first-order chi connectivity index (χ1) is 14.3. The summed E-state index contributed by atoms with van der Waals surface area (Å²) in [6.45, 7) is 5.86. The second-order valence-corrected chi connectivity index (χ2v) is 8.48. The van der Waals surface area contributed by atoms with Crippen LogP contribution in [0.2, 0.25) is 10.0 Å². The van der Waals surface area contributed by atoms with Gasteiger partial charge in [-0.15, -0.1) is 0 Å². The number of benzene rings is 2. The quantitative estimate of drug-likeness (QED) is 0.684. The summed E-state index contributed by atoms with van der Waals surface area (Å²) < 4.78 is 0. The Morgan fingerprint density at radius 2 is 1.73 bits per heavy atom. The van der Waals surface area contributed by atoms with Crippen molar-refractivity contribution >= 4 is 41.0 Å². The van der Waals surface area contributed by atoms with Gasteiger partial charge in [-0.1, -0.05) is 55.2 Å². The molecule has 1 saturated heterocycles. The summed E-state index contributed by atoms with van der Waals surface area (Å²) in [4.78, 5) is 29.1. The number of hydrogen-bond donors (Lipinski definition) is 2. The van der Waals surface area contributed by atoms with E-state index in [1.165, 1.54) is 0 Å². The van der Waals surface area contributed by atoms with Crippen LogP contribution in [0.3, 0.4) is 0 Å². The van der Waals surface area contributed by atoms with E-state index in [-0.39, 0.29) is 24.0 Å². The number of carbonyl (C=O) groups excluding carboxylic acids is 2. The lowest BCUT2D eigenvalue weighted by molar-refractivity contribution is 0.0889. The van der Waals surface area contributed by atoms with Crippen LogP contribution in [0.5, 0.6) is 0 Å². The number of anilines is 1. The third-order valence-electron chi connectivity index (χ3n) is 5.22. The zero-order valence-electron chi connectivity index (χ0n) is 17.1. The predicted molar refractivity (Wildman–Crippen MR) is 121 cm³/mol. The molecule has 1 fully saturated rings. The minimum absolute atomic E-state index is 0.0824. The van der Waals surface area contributed by atoms with Crippen LogP contribution in [-0.4, -0.2) is 47.5 Å². The number of nitrogens with zero attached hydrogens (tertiary/aromatic N) is 2.